The van der Waals surface area contributed by atoms with Crippen LogP contribution in [0.2, 0.25) is 0 Å². The van der Waals surface area contributed by atoms with Crippen molar-refractivity contribution < 1.29 is 34.9 Å². The summed E-state index contributed by atoms with van der Waals surface area (Å²) in [6.45, 7) is 0.351. The van der Waals surface area contributed by atoms with Gasteiger partial charge in [-0.1, -0.05) is 30.3 Å². The van der Waals surface area contributed by atoms with Crippen LogP contribution in [0.15, 0.2) is 60.8 Å². The van der Waals surface area contributed by atoms with Gasteiger partial charge in [0.2, 0.25) is 11.9 Å². The molecule has 16 nitrogen and oxygen atoms in total. The predicted molar refractivity (Wildman–Crippen MR) is 164 cm³/mol. The summed E-state index contributed by atoms with van der Waals surface area (Å²) in [6, 6.07) is 13.0. The van der Waals surface area contributed by atoms with Crippen LogP contribution in [0.5, 0.6) is 0 Å². The fourth-order valence-corrected chi connectivity index (χ4v) is 4.36. The van der Waals surface area contributed by atoms with Gasteiger partial charge in [0, 0.05) is 31.1 Å². The van der Waals surface area contributed by atoms with Crippen molar-refractivity contribution >= 4 is 52.4 Å². The quantitative estimate of drug-likeness (QED) is 0.117. The highest BCUT2D eigenvalue weighted by atomic mass is 16.4. The van der Waals surface area contributed by atoms with Crippen LogP contribution in [0.4, 0.5) is 17.5 Å². The van der Waals surface area contributed by atoms with Gasteiger partial charge in [-0.25, -0.2) is 14.8 Å². The fraction of sp³-hybridized carbons (Fsp3) is 0.241. The topological polar surface area (TPSA) is 271 Å². The van der Waals surface area contributed by atoms with Crippen LogP contribution >= 0.6 is 0 Å². The van der Waals surface area contributed by atoms with Crippen LogP contribution in [0.3, 0.4) is 0 Å². The van der Waals surface area contributed by atoms with E-state index in [1.807, 2.05) is 11.9 Å². The molecule has 4 aromatic rings. The van der Waals surface area contributed by atoms with Gasteiger partial charge in [-0.15, -0.1) is 0 Å². The lowest BCUT2D eigenvalue weighted by molar-refractivity contribution is -0.143. The Balaban J connectivity index is 0.00000552. The first-order valence-electron chi connectivity index (χ1n) is 13.5. The third kappa shape index (κ3) is 9.04. The molecule has 0 bridgehead atoms. The minimum Gasteiger partial charge on any atom is -0.481 e. The number of carbonyl (C=O) groups is 4. The molecule has 2 atom stereocenters. The molecule has 10 N–H and O–H groups in total. The van der Waals surface area contributed by atoms with Crippen molar-refractivity contribution in [3.05, 3.63) is 77.6 Å². The van der Waals surface area contributed by atoms with Crippen molar-refractivity contribution in [2.75, 3.05) is 23.4 Å². The summed E-state index contributed by atoms with van der Waals surface area (Å²) in [5.41, 5.74) is 14.5. The first-order valence-corrected chi connectivity index (χ1v) is 13.5. The number of nitrogens with zero attached hydrogens (tertiary/aromatic N) is 5. The van der Waals surface area contributed by atoms with Crippen molar-refractivity contribution in [2.24, 2.45) is 0 Å². The number of carboxylic acid groups (broad SMARTS) is 2. The maximum atomic E-state index is 13.2. The lowest BCUT2D eigenvalue weighted by Gasteiger charge is -2.22. The molecule has 236 valence electrons. The van der Waals surface area contributed by atoms with Crippen LogP contribution in [0, 0.1) is 0 Å². The number of hydrogen-bond acceptors (Lipinski definition) is 11. The van der Waals surface area contributed by atoms with E-state index in [-0.39, 0.29) is 41.3 Å². The molecule has 0 aliphatic carbocycles. The summed E-state index contributed by atoms with van der Waals surface area (Å²) in [5.74, 6) is -3.74. The summed E-state index contributed by atoms with van der Waals surface area (Å²) in [7, 11) is 1.83. The van der Waals surface area contributed by atoms with E-state index in [1.54, 1.807) is 60.8 Å². The molecular weight excluding hydrogens is 586 g/mol. The monoisotopic (exact) mass is 619 g/mol. The van der Waals surface area contributed by atoms with E-state index < -0.39 is 42.3 Å². The molecule has 2 amide bonds. The van der Waals surface area contributed by atoms with Gasteiger partial charge >= 0.3 is 11.9 Å². The number of fused-ring (bicyclic) bond motifs is 1. The molecule has 45 heavy (non-hydrogen) atoms. The van der Waals surface area contributed by atoms with Crippen LogP contribution in [-0.4, -0.2) is 78.5 Å². The maximum Gasteiger partial charge on any atom is 0.326 e. The molecule has 16 heteroatoms. The lowest BCUT2D eigenvalue weighted by Crippen LogP contribution is -2.52. The van der Waals surface area contributed by atoms with Crippen LogP contribution in [-0.2, 0) is 27.3 Å². The second kappa shape index (κ2) is 15.0. The zero-order chi connectivity index (χ0) is 31.8. The van der Waals surface area contributed by atoms with Gasteiger partial charge < -0.3 is 42.7 Å². The molecule has 2 heterocycles. The molecule has 0 aliphatic rings. The molecule has 0 saturated heterocycles. The van der Waals surface area contributed by atoms with Crippen LogP contribution < -0.4 is 27.0 Å². The Hall–Kier alpha value is -5.90. The van der Waals surface area contributed by atoms with Gasteiger partial charge in [0.25, 0.3) is 5.91 Å². The smallest absolute Gasteiger partial charge is 0.326 e. The summed E-state index contributed by atoms with van der Waals surface area (Å²) in [4.78, 5) is 67.4. The molecular formula is C29H33N9O7. The molecule has 0 spiro atoms. The number of carbonyl (C=O) groups excluding carboxylic acids is 2. The zero-order valence-corrected chi connectivity index (χ0v) is 24.2. The molecule has 4 rings (SSSR count). The van der Waals surface area contributed by atoms with Gasteiger partial charge in [0.1, 0.15) is 12.1 Å². The number of nitrogen functional groups attached to an aromatic ring is 2. The number of rotatable bonds is 13. The van der Waals surface area contributed by atoms with Crippen molar-refractivity contribution in [1.82, 2.24) is 30.6 Å². The van der Waals surface area contributed by atoms with Gasteiger partial charge in [0.05, 0.1) is 18.4 Å². The average Bonchev–Trinajstić information content (AvgIpc) is 2.99. The highest BCUT2D eigenvalue weighted by Gasteiger charge is 2.27. The van der Waals surface area contributed by atoms with Crippen molar-refractivity contribution in [2.45, 2.75) is 37.9 Å². The number of nitrogens with two attached hydrogens (primary N) is 2. The second-order valence-corrected chi connectivity index (χ2v) is 9.95. The largest absolute Gasteiger partial charge is 0.481 e. The third-order valence-electron chi connectivity index (χ3n) is 6.64. The Morgan fingerprint density at radius 2 is 1.60 bits per heavy atom. The van der Waals surface area contributed by atoms with E-state index in [2.05, 4.69) is 30.6 Å². The van der Waals surface area contributed by atoms with E-state index in [1.165, 1.54) is 0 Å². The second-order valence-electron chi connectivity index (χ2n) is 9.95. The van der Waals surface area contributed by atoms with E-state index >= 15 is 0 Å². The number of carboxylic acids is 2. The summed E-state index contributed by atoms with van der Waals surface area (Å²) >= 11 is 0. The molecule has 1 unspecified atom stereocenters. The highest BCUT2D eigenvalue weighted by molar-refractivity contribution is 5.98. The Bertz CT molecular complexity index is 1670. The molecule has 0 fully saturated rings. The Morgan fingerprint density at radius 1 is 0.911 bits per heavy atom. The lowest BCUT2D eigenvalue weighted by atomic mass is 10.0. The van der Waals surface area contributed by atoms with E-state index in [4.69, 9.17) is 16.6 Å². The van der Waals surface area contributed by atoms with Gasteiger partial charge in [-0.05, 0) is 36.2 Å². The molecule has 2 aromatic heterocycles. The average molecular weight is 620 g/mol. The van der Waals surface area contributed by atoms with E-state index in [0.717, 1.165) is 11.3 Å². The van der Waals surface area contributed by atoms with Gasteiger partial charge in [-0.2, -0.15) is 9.97 Å². The van der Waals surface area contributed by atoms with Gasteiger partial charge in [-0.3, -0.25) is 14.4 Å². The standard InChI is InChI=1S/C29H31N9O6.H2O/c1-38(15-18-14-32-25-23(33-18)24(30)36-29(31)37-25)19-9-7-17(8-10-19)26(41)35-21(13-16-5-3-2-4-6-16)27(42)34-20(28(43)44)11-12-22(39)40;/h2-10,14,20-21H,11-13,15H2,1H3,(H,34,42)(H,35,41)(H,39,40)(H,43,44)(H4,30,31,32,36,37);1H2/t20?,21-;/m0./s1. The fourth-order valence-electron chi connectivity index (χ4n) is 4.36. The zero-order valence-electron chi connectivity index (χ0n) is 24.2. The molecule has 0 aliphatic heterocycles. The Kier molecular flexibility index (Phi) is 11.2. The third-order valence-corrected chi connectivity index (χ3v) is 6.64. The molecule has 0 radical (unpaired) electrons. The first kappa shape index (κ1) is 33.6. The number of aromatic nitrogens is 4. The normalized spacial score (nSPS) is 11.9. The number of hydrogen-bond donors (Lipinski definition) is 6. The summed E-state index contributed by atoms with van der Waals surface area (Å²) < 4.78 is 0. The maximum absolute atomic E-state index is 13.2. The first-order chi connectivity index (χ1) is 21.0. The number of anilines is 3. The Morgan fingerprint density at radius 3 is 2.24 bits per heavy atom. The highest BCUT2D eigenvalue weighted by Crippen LogP contribution is 2.19. The van der Waals surface area contributed by atoms with Crippen molar-refractivity contribution in [3.63, 3.8) is 0 Å². The van der Waals surface area contributed by atoms with Gasteiger partial charge in [0.15, 0.2) is 17.0 Å². The molecule has 2 aromatic carbocycles. The number of amides is 2. The summed E-state index contributed by atoms with van der Waals surface area (Å²) in [5, 5.41) is 23.4. The van der Waals surface area contributed by atoms with Crippen LogP contribution in [0.1, 0.15) is 34.5 Å². The van der Waals surface area contributed by atoms with E-state index in [9.17, 15) is 24.3 Å². The number of benzene rings is 2. The SMILES string of the molecule is CN(Cc1cnc2nc(N)nc(N)c2n1)c1ccc(C(=O)N[C@@H](Cc2ccccc2)C(=O)NC(CCC(=O)O)C(=O)O)cc1.O. The van der Waals surface area contributed by atoms with Crippen LogP contribution in [0.25, 0.3) is 11.2 Å². The van der Waals surface area contributed by atoms with Crippen molar-refractivity contribution in [1.29, 1.82) is 0 Å². The van der Waals surface area contributed by atoms with E-state index in [0.29, 0.717) is 17.8 Å². The molecule has 0 saturated carbocycles. The summed E-state index contributed by atoms with van der Waals surface area (Å²) in [6.07, 6.45) is 0.886. The minimum absolute atomic E-state index is 0. The number of nitrogens with one attached hydrogen (secondary N) is 2. The van der Waals surface area contributed by atoms with Crippen molar-refractivity contribution in [3.8, 4) is 0 Å². The predicted octanol–water partition coefficient (Wildman–Crippen LogP) is 0.171. The minimum atomic E-state index is -1.43. The number of aliphatic carboxylic acids is 2. The Labute approximate surface area is 256 Å².